The van der Waals surface area contributed by atoms with Gasteiger partial charge in [-0.05, 0) is 55.5 Å². The van der Waals surface area contributed by atoms with Gasteiger partial charge in [0, 0.05) is 22.9 Å². The first-order valence-corrected chi connectivity index (χ1v) is 8.49. The number of rotatable bonds is 7. The van der Waals surface area contributed by atoms with Crippen molar-refractivity contribution in [2.45, 2.75) is 25.3 Å². The minimum atomic E-state index is 0.537. The van der Waals surface area contributed by atoms with E-state index in [-0.39, 0.29) is 0 Å². The predicted molar refractivity (Wildman–Crippen MR) is 89.9 cm³/mol. The molecule has 0 spiro atoms. The highest BCUT2D eigenvalue weighted by atomic mass is 32.1. The summed E-state index contributed by atoms with van der Waals surface area (Å²) in [5.41, 5.74) is 2.73. The molecule has 0 radical (unpaired) electrons. The van der Waals surface area contributed by atoms with E-state index >= 15 is 0 Å². The molecule has 1 aliphatic carbocycles. The number of methoxy groups -OCH3 is 1. The van der Waals surface area contributed by atoms with E-state index < -0.39 is 0 Å². The Morgan fingerprint density at radius 1 is 1.24 bits per heavy atom. The maximum Gasteiger partial charge on any atom is 0.0502 e. The molecule has 1 fully saturated rings. The molecule has 3 rings (SSSR count). The van der Waals surface area contributed by atoms with Crippen molar-refractivity contribution in [2.75, 3.05) is 20.8 Å². The average molecular weight is 301 g/mol. The number of hydrogen-bond acceptors (Lipinski definition) is 3. The Morgan fingerprint density at radius 2 is 2.05 bits per heavy atom. The van der Waals surface area contributed by atoms with E-state index in [0.717, 1.165) is 18.9 Å². The number of thiophene rings is 1. The van der Waals surface area contributed by atoms with E-state index in [1.54, 1.807) is 7.11 Å². The fourth-order valence-electron chi connectivity index (χ4n) is 2.90. The Labute approximate surface area is 131 Å². The topological polar surface area (TPSA) is 21.3 Å². The third-order valence-corrected chi connectivity index (χ3v) is 5.40. The molecule has 1 aromatic carbocycles. The maximum absolute atomic E-state index is 5.23. The summed E-state index contributed by atoms with van der Waals surface area (Å²) in [6.45, 7) is 0.774. The second-order valence-corrected chi connectivity index (χ2v) is 6.82. The SMILES string of the molecule is CNC(c1ccc(-c2ccccc2CCOC)s1)C1CC1. The lowest BCUT2D eigenvalue weighted by Crippen LogP contribution is -2.16. The van der Waals surface area contributed by atoms with E-state index in [9.17, 15) is 0 Å². The van der Waals surface area contributed by atoms with Gasteiger partial charge in [0.25, 0.3) is 0 Å². The van der Waals surface area contributed by atoms with Crippen molar-refractivity contribution in [1.82, 2.24) is 5.32 Å². The molecule has 112 valence electrons. The molecule has 1 N–H and O–H groups in total. The highest BCUT2D eigenvalue weighted by Gasteiger charge is 2.32. The highest BCUT2D eigenvalue weighted by molar-refractivity contribution is 7.15. The van der Waals surface area contributed by atoms with Crippen LogP contribution >= 0.6 is 11.3 Å². The molecule has 0 saturated heterocycles. The van der Waals surface area contributed by atoms with E-state index in [4.69, 9.17) is 4.74 Å². The van der Waals surface area contributed by atoms with Gasteiger partial charge in [-0.15, -0.1) is 11.3 Å². The summed E-state index contributed by atoms with van der Waals surface area (Å²) < 4.78 is 5.23. The minimum absolute atomic E-state index is 0.537. The molecule has 1 atom stereocenters. The van der Waals surface area contributed by atoms with Crippen molar-refractivity contribution in [3.63, 3.8) is 0 Å². The van der Waals surface area contributed by atoms with Gasteiger partial charge in [0.15, 0.2) is 0 Å². The van der Waals surface area contributed by atoms with Gasteiger partial charge in [-0.3, -0.25) is 0 Å². The van der Waals surface area contributed by atoms with Crippen LogP contribution in [0, 0.1) is 5.92 Å². The summed E-state index contributed by atoms with van der Waals surface area (Å²) >= 11 is 1.93. The van der Waals surface area contributed by atoms with Crippen LogP contribution in [0.1, 0.15) is 29.3 Å². The fraction of sp³-hybridized carbons (Fsp3) is 0.444. The van der Waals surface area contributed by atoms with Gasteiger partial charge in [0.05, 0.1) is 6.61 Å². The van der Waals surface area contributed by atoms with Crippen LogP contribution in [0.5, 0.6) is 0 Å². The van der Waals surface area contributed by atoms with E-state index in [1.807, 2.05) is 11.3 Å². The van der Waals surface area contributed by atoms with Gasteiger partial charge in [-0.2, -0.15) is 0 Å². The summed E-state index contributed by atoms with van der Waals surface area (Å²) in [5.74, 6) is 0.838. The molecular formula is C18H23NOS. The minimum Gasteiger partial charge on any atom is -0.384 e. The Balaban J connectivity index is 1.85. The molecule has 2 aromatic rings. The Bertz CT molecular complexity index is 588. The monoisotopic (exact) mass is 301 g/mol. The van der Waals surface area contributed by atoms with Crippen molar-refractivity contribution in [3.8, 4) is 10.4 Å². The Kier molecular flexibility index (Phi) is 4.73. The predicted octanol–water partition coefficient (Wildman–Crippen LogP) is 4.27. The molecular weight excluding hydrogens is 278 g/mol. The number of ether oxygens (including phenoxy) is 1. The largest absolute Gasteiger partial charge is 0.384 e. The first-order chi connectivity index (χ1) is 10.3. The van der Waals surface area contributed by atoms with Crippen molar-refractivity contribution in [1.29, 1.82) is 0 Å². The standard InChI is InChI=1S/C18H23NOS/c1-19-18(14-7-8-14)17-10-9-16(21-17)15-6-4-3-5-13(15)11-12-20-2/h3-6,9-10,14,18-19H,7-8,11-12H2,1-2H3. The fourth-order valence-corrected chi connectivity index (χ4v) is 4.17. The first-order valence-electron chi connectivity index (χ1n) is 7.67. The van der Waals surface area contributed by atoms with Gasteiger partial charge in [-0.1, -0.05) is 24.3 Å². The van der Waals surface area contributed by atoms with Crippen LogP contribution in [0.4, 0.5) is 0 Å². The number of hydrogen-bond donors (Lipinski definition) is 1. The number of nitrogens with one attached hydrogen (secondary N) is 1. The zero-order valence-electron chi connectivity index (χ0n) is 12.8. The van der Waals surface area contributed by atoms with Crippen LogP contribution in [-0.2, 0) is 11.2 Å². The normalized spacial score (nSPS) is 16.1. The van der Waals surface area contributed by atoms with Crippen LogP contribution in [-0.4, -0.2) is 20.8 Å². The molecule has 1 aliphatic rings. The number of benzene rings is 1. The molecule has 0 amide bonds. The van der Waals surface area contributed by atoms with Gasteiger partial charge in [0.2, 0.25) is 0 Å². The molecule has 1 heterocycles. The van der Waals surface area contributed by atoms with Crippen molar-refractivity contribution >= 4 is 11.3 Å². The van der Waals surface area contributed by atoms with E-state index in [1.165, 1.54) is 33.7 Å². The lowest BCUT2D eigenvalue weighted by Gasteiger charge is -2.13. The molecule has 1 saturated carbocycles. The van der Waals surface area contributed by atoms with Crippen LogP contribution in [0.25, 0.3) is 10.4 Å². The summed E-state index contributed by atoms with van der Waals surface area (Å²) in [6, 6.07) is 13.8. The van der Waals surface area contributed by atoms with Gasteiger partial charge in [-0.25, -0.2) is 0 Å². The lowest BCUT2D eigenvalue weighted by atomic mass is 10.0. The molecule has 21 heavy (non-hydrogen) atoms. The lowest BCUT2D eigenvalue weighted by molar-refractivity contribution is 0.202. The zero-order valence-corrected chi connectivity index (χ0v) is 13.6. The van der Waals surface area contributed by atoms with Gasteiger partial charge < -0.3 is 10.1 Å². The van der Waals surface area contributed by atoms with Crippen molar-refractivity contribution in [3.05, 3.63) is 46.8 Å². The van der Waals surface area contributed by atoms with Crippen LogP contribution < -0.4 is 5.32 Å². The van der Waals surface area contributed by atoms with Crippen molar-refractivity contribution < 1.29 is 4.74 Å². The van der Waals surface area contributed by atoms with Crippen molar-refractivity contribution in [2.24, 2.45) is 5.92 Å². The Morgan fingerprint density at radius 3 is 2.76 bits per heavy atom. The smallest absolute Gasteiger partial charge is 0.0502 e. The van der Waals surface area contributed by atoms with Crippen LogP contribution in [0.3, 0.4) is 0 Å². The summed E-state index contributed by atoms with van der Waals surface area (Å²) in [6.07, 6.45) is 3.70. The second-order valence-electron chi connectivity index (χ2n) is 5.71. The van der Waals surface area contributed by atoms with Gasteiger partial charge in [0.1, 0.15) is 0 Å². The first kappa shape index (κ1) is 14.8. The molecule has 0 aliphatic heterocycles. The van der Waals surface area contributed by atoms with Crippen LogP contribution in [0.2, 0.25) is 0 Å². The third-order valence-electron chi connectivity index (χ3n) is 4.20. The summed E-state index contributed by atoms with van der Waals surface area (Å²) in [4.78, 5) is 2.84. The molecule has 1 aromatic heterocycles. The van der Waals surface area contributed by atoms with Gasteiger partial charge >= 0.3 is 0 Å². The molecule has 1 unspecified atom stereocenters. The average Bonchev–Trinajstić information content (AvgIpc) is 3.23. The molecule has 2 nitrogen and oxygen atoms in total. The third kappa shape index (κ3) is 3.37. The van der Waals surface area contributed by atoms with Crippen LogP contribution in [0.15, 0.2) is 36.4 Å². The van der Waals surface area contributed by atoms with E-state index in [0.29, 0.717) is 6.04 Å². The quantitative estimate of drug-likeness (QED) is 0.824. The maximum atomic E-state index is 5.23. The molecule has 0 bridgehead atoms. The summed E-state index contributed by atoms with van der Waals surface area (Å²) in [7, 11) is 3.84. The zero-order chi connectivity index (χ0) is 14.7. The molecule has 3 heteroatoms. The summed E-state index contributed by atoms with van der Waals surface area (Å²) in [5, 5.41) is 3.48. The Hall–Kier alpha value is -1.16. The highest BCUT2D eigenvalue weighted by Crippen LogP contribution is 2.44. The van der Waals surface area contributed by atoms with E-state index in [2.05, 4.69) is 48.8 Å². The second kappa shape index (κ2) is 6.73.